The lowest BCUT2D eigenvalue weighted by Crippen LogP contribution is -2.03. The largest absolute Gasteiger partial charge is 0.456 e. The molecular formula is C14H13NO3. The number of hydrogen-bond donors (Lipinski definition) is 1. The van der Waals surface area contributed by atoms with Crippen LogP contribution in [0, 0.1) is 0 Å². The van der Waals surface area contributed by atoms with Gasteiger partial charge in [0, 0.05) is 11.3 Å². The highest BCUT2D eigenvalue weighted by Gasteiger charge is 2.13. The van der Waals surface area contributed by atoms with Crippen molar-refractivity contribution >= 4 is 11.7 Å². The van der Waals surface area contributed by atoms with Crippen molar-refractivity contribution < 1.29 is 13.9 Å². The first-order valence-corrected chi connectivity index (χ1v) is 5.44. The second-order valence-corrected chi connectivity index (χ2v) is 3.68. The zero-order valence-electron chi connectivity index (χ0n) is 9.76. The summed E-state index contributed by atoms with van der Waals surface area (Å²) < 4.78 is 10.3. The molecule has 0 unspecified atom stereocenters. The molecule has 2 N–H and O–H groups in total. The van der Waals surface area contributed by atoms with E-state index >= 15 is 0 Å². The van der Waals surface area contributed by atoms with Crippen molar-refractivity contribution in [2.45, 2.75) is 0 Å². The van der Waals surface area contributed by atoms with Gasteiger partial charge in [-0.25, -0.2) is 4.79 Å². The third kappa shape index (κ3) is 2.60. The topological polar surface area (TPSA) is 65.5 Å². The molecule has 0 saturated carbocycles. The molecule has 0 aliphatic heterocycles. The summed E-state index contributed by atoms with van der Waals surface area (Å²) in [6.07, 6.45) is 1.50. The lowest BCUT2D eigenvalue weighted by molar-refractivity contribution is 0.0514. The van der Waals surface area contributed by atoms with Crippen LogP contribution in [-0.4, -0.2) is 12.6 Å². The van der Waals surface area contributed by atoms with Gasteiger partial charge in [0.05, 0.1) is 0 Å². The van der Waals surface area contributed by atoms with Crippen LogP contribution >= 0.6 is 0 Å². The summed E-state index contributed by atoms with van der Waals surface area (Å²) in [5.41, 5.74) is 7.14. The molecule has 1 heterocycles. The first-order chi connectivity index (χ1) is 8.70. The first-order valence-electron chi connectivity index (χ1n) is 5.44. The van der Waals surface area contributed by atoms with E-state index < -0.39 is 5.97 Å². The van der Waals surface area contributed by atoms with Crippen LogP contribution in [0.3, 0.4) is 0 Å². The van der Waals surface area contributed by atoms with Crippen LogP contribution in [0.2, 0.25) is 0 Å². The standard InChI is InChI=1S/C14H13NO3/c1-2-8-17-14(16)13-7-6-12(18-13)10-4-3-5-11(15)9-10/h2-7,9H,1,8,15H2. The van der Waals surface area contributed by atoms with Crippen molar-refractivity contribution in [1.29, 1.82) is 0 Å². The fourth-order valence-electron chi connectivity index (χ4n) is 1.50. The van der Waals surface area contributed by atoms with Crippen LogP contribution in [0.15, 0.2) is 53.5 Å². The van der Waals surface area contributed by atoms with Gasteiger partial charge in [0.25, 0.3) is 0 Å². The Kier molecular flexibility index (Phi) is 3.48. The normalized spacial score (nSPS) is 10.0. The average molecular weight is 243 g/mol. The minimum absolute atomic E-state index is 0.160. The van der Waals surface area contributed by atoms with Gasteiger partial charge in [0.15, 0.2) is 0 Å². The number of furan rings is 1. The molecule has 4 heteroatoms. The number of hydrogen-bond acceptors (Lipinski definition) is 4. The third-order valence-electron chi connectivity index (χ3n) is 2.31. The summed E-state index contributed by atoms with van der Waals surface area (Å²) in [5, 5.41) is 0. The molecule has 2 aromatic rings. The Morgan fingerprint density at radius 1 is 1.39 bits per heavy atom. The zero-order valence-corrected chi connectivity index (χ0v) is 9.76. The van der Waals surface area contributed by atoms with Crippen LogP contribution in [0.25, 0.3) is 11.3 Å². The molecule has 0 aliphatic carbocycles. The second kappa shape index (κ2) is 5.23. The van der Waals surface area contributed by atoms with E-state index in [1.165, 1.54) is 6.08 Å². The molecule has 1 aromatic carbocycles. The van der Waals surface area contributed by atoms with E-state index in [0.717, 1.165) is 5.56 Å². The average Bonchev–Trinajstić information content (AvgIpc) is 2.85. The molecular weight excluding hydrogens is 230 g/mol. The molecule has 0 fully saturated rings. The first kappa shape index (κ1) is 12.0. The molecule has 92 valence electrons. The van der Waals surface area contributed by atoms with Crippen LogP contribution in [0.5, 0.6) is 0 Å². The van der Waals surface area contributed by atoms with Gasteiger partial charge in [0.1, 0.15) is 12.4 Å². The Bertz CT molecular complexity index is 572. The van der Waals surface area contributed by atoms with Gasteiger partial charge >= 0.3 is 5.97 Å². The number of nitrogen functional groups attached to an aromatic ring is 1. The maximum Gasteiger partial charge on any atom is 0.374 e. The summed E-state index contributed by atoms with van der Waals surface area (Å²) in [4.78, 5) is 11.5. The molecule has 0 aliphatic rings. The van der Waals surface area contributed by atoms with Crippen LogP contribution in [0.1, 0.15) is 10.6 Å². The maximum absolute atomic E-state index is 11.5. The highest BCUT2D eigenvalue weighted by molar-refractivity contribution is 5.87. The minimum Gasteiger partial charge on any atom is -0.456 e. The molecule has 0 atom stereocenters. The molecule has 0 radical (unpaired) electrons. The van der Waals surface area contributed by atoms with Gasteiger partial charge in [-0.15, -0.1) is 0 Å². The summed E-state index contributed by atoms with van der Waals surface area (Å²) >= 11 is 0. The summed E-state index contributed by atoms with van der Waals surface area (Å²) in [6.45, 7) is 3.63. The van der Waals surface area contributed by atoms with Gasteiger partial charge in [-0.05, 0) is 24.3 Å². The van der Waals surface area contributed by atoms with Crippen molar-refractivity contribution in [2.24, 2.45) is 0 Å². The number of anilines is 1. The van der Waals surface area contributed by atoms with Crippen molar-refractivity contribution in [3.63, 3.8) is 0 Å². The van der Waals surface area contributed by atoms with Crippen LogP contribution in [-0.2, 0) is 4.74 Å². The summed E-state index contributed by atoms with van der Waals surface area (Å²) in [5.74, 6) is 0.229. The van der Waals surface area contributed by atoms with Crippen molar-refractivity contribution in [3.05, 3.63) is 54.8 Å². The quantitative estimate of drug-likeness (QED) is 0.509. The van der Waals surface area contributed by atoms with Crippen molar-refractivity contribution in [2.75, 3.05) is 12.3 Å². The molecule has 18 heavy (non-hydrogen) atoms. The Balaban J connectivity index is 2.20. The molecule has 4 nitrogen and oxygen atoms in total. The fourth-order valence-corrected chi connectivity index (χ4v) is 1.50. The summed E-state index contributed by atoms with van der Waals surface area (Å²) in [7, 11) is 0. The number of benzene rings is 1. The van der Waals surface area contributed by atoms with Gasteiger partial charge in [0.2, 0.25) is 5.76 Å². The Labute approximate surface area is 105 Å². The number of carbonyl (C=O) groups excluding carboxylic acids is 1. The van der Waals surface area contributed by atoms with Gasteiger partial charge in [-0.3, -0.25) is 0 Å². The third-order valence-corrected chi connectivity index (χ3v) is 2.31. The number of esters is 1. The Morgan fingerprint density at radius 3 is 2.94 bits per heavy atom. The lowest BCUT2D eigenvalue weighted by Gasteiger charge is -1.99. The SMILES string of the molecule is C=CCOC(=O)c1ccc(-c2cccc(N)c2)o1. The van der Waals surface area contributed by atoms with E-state index in [0.29, 0.717) is 11.4 Å². The highest BCUT2D eigenvalue weighted by atomic mass is 16.5. The second-order valence-electron chi connectivity index (χ2n) is 3.68. The fraction of sp³-hybridized carbons (Fsp3) is 0.0714. The molecule has 0 bridgehead atoms. The Morgan fingerprint density at radius 2 is 2.22 bits per heavy atom. The van der Waals surface area contributed by atoms with Crippen molar-refractivity contribution in [3.8, 4) is 11.3 Å². The number of carbonyl (C=O) groups is 1. The molecule has 0 saturated heterocycles. The minimum atomic E-state index is -0.509. The summed E-state index contributed by atoms with van der Waals surface area (Å²) in [6, 6.07) is 10.5. The van der Waals surface area contributed by atoms with E-state index in [1.807, 2.05) is 12.1 Å². The van der Waals surface area contributed by atoms with Gasteiger partial charge in [-0.2, -0.15) is 0 Å². The van der Waals surface area contributed by atoms with E-state index in [1.54, 1.807) is 24.3 Å². The van der Waals surface area contributed by atoms with Gasteiger partial charge in [-0.1, -0.05) is 24.8 Å². The Hall–Kier alpha value is -2.49. The predicted molar refractivity (Wildman–Crippen MR) is 69.0 cm³/mol. The zero-order chi connectivity index (χ0) is 13.0. The van der Waals surface area contributed by atoms with Crippen LogP contribution < -0.4 is 5.73 Å². The van der Waals surface area contributed by atoms with Crippen molar-refractivity contribution in [1.82, 2.24) is 0 Å². The number of ether oxygens (including phenoxy) is 1. The van der Waals surface area contributed by atoms with E-state index in [9.17, 15) is 4.79 Å². The molecule has 2 rings (SSSR count). The monoisotopic (exact) mass is 243 g/mol. The van der Waals surface area contributed by atoms with E-state index in [2.05, 4.69) is 6.58 Å². The smallest absolute Gasteiger partial charge is 0.374 e. The molecule has 0 amide bonds. The highest BCUT2D eigenvalue weighted by Crippen LogP contribution is 2.24. The molecule has 1 aromatic heterocycles. The van der Waals surface area contributed by atoms with E-state index in [-0.39, 0.29) is 12.4 Å². The number of rotatable bonds is 4. The number of nitrogens with two attached hydrogens (primary N) is 1. The maximum atomic E-state index is 11.5. The van der Waals surface area contributed by atoms with Gasteiger partial charge < -0.3 is 14.9 Å². The predicted octanol–water partition coefficient (Wildman–Crippen LogP) is 2.87. The van der Waals surface area contributed by atoms with Crippen LogP contribution in [0.4, 0.5) is 5.69 Å². The molecule has 0 spiro atoms. The van der Waals surface area contributed by atoms with E-state index in [4.69, 9.17) is 14.9 Å². The lowest BCUT2D eigenvalue weighted by atomic mass is 10.1.